The maximum absolute atomic E-state index is 13.1. The summed E-state index contributed by atoms with van der Waals surface area (Å²) in [5.41, 5.74) is 3.13. The molecule has 0 radical (unpaired) electrons. The summed E-state index contributed by atoms with van der Waals surface area (Å²) in [6.07, 6.45) is 3.55. The van der Waals surface area contributed by atoms with Crippen molar-refractivity contribution in [3.63, 3.8) is 0 Å². The summed E-state index contributed by atoms with van der Waals surface area (Å²) in [4.78, 5) is 27.5. The van der Waals surface area contributed by atoms with Crippen LogP contribution >= 0.6 is 0 Å². The number of anilines is 1. The van der Waals surface area contributed by atoms with Crippen LogP contribution in [0.1, 0.15) is 11.1 Å². The van der Waals surface area contributed by atoms with Gasteiger partial charge in [-0.3, -0.25) is 9.59 Å². The lowest BCUT2D eigenvalue weighted by molar-refractivity contribution is -0.119. The first-order valence-electron chi connectivity index (χ1n) is 8.72. The quantitative estimate of drug-likeness (QED) is 0.505. The molecule has 1 heterocycles. The van der Waals surface area contributed by atoms with E-state index in [-0.39, 0.29) is 11.8 Å². The van der Waals surface area contributed by atoms with Gasteiger partial charge in [-0.05, 0) is 35.4 Å². The van der Waals surface area contributed by atoms with Crippen LogP contribution in [0.25, 0.3) is 12.2 Å². The molecule has 27 heavy (non-hydrogen) atoms. The molecule has 3 heteroatoms. The zero-order chi connectivity index (χ0) is 18.6. The second kappa shape index (κ2) is 7.26. The average Bonchev–Trinajstić information content (AvgIpc) is 2.94. The van der Waals surface area contributed by atoms with Gasteiger partial charge in [-0.2, -0.15) is 0 Å². The molecule has 3 nitrogen and oxygen atoms in total. The molecule has 0 atom stereocenters. The lowest BCUT2D eigenvalue weighted by Crippen LogP contribution is -2.29. The second-order valence-corrected chi connectivity index (χ2v) is 6.22. The molecule has 2 amide bonds. The number of rotatable bonds is 3. The van der Waals surface area contributed by atoms with E-state index in [0.29, 0.717) is 16.8 Å². The number of amides is 2. The van der Waals surface area contributed by atoms with Gasteiger partial charge in [0.1, 0.15) is 0 Å². The topological polar surface area (TPSA) is 37.4 Å². The van der Waals surface area contributed by atoms with Crippen molar-refractivity contribution in [1.82, 2.24) is 0 Å². The van der Waals surface area contributed by atoms with Crippen LogP contribution in [0.3, 0.4) is 0 Å². The zero-order valence-electron chi connectivity index (χ0n) is 14.6. The molecule has 0 saturated carbocycles. The molecular weight excluding hydrogens is 334 g/mol. The number of hydrogen-bond acceptors (Lipinski definition) is 2. The molecule has 0 aliphatic carbocycles. The Bertz CT molecular complexity index is 968. The molecule has 1 saturated heterocycles. The van der Waals surface area contributed by atoms with Crippen LogP contribution in [0, 0.1) is 0 Å². The van der Waals surface area contributed by atoms with Gasteiger partial charge in [0.05, 0.1) is 16.8 Å². The summed E-state index contributed by atoms with van der Waals surface area (Å²) >= 11 is 0. The van der Waals surface area contributed by atoms with Crippen LogP contribution in [0.15, 0.2) is 102 Å². The fourth-order valence-corrected chi connectivity index (χ4v) is 3.09. The summed E-state index contributed by atoms with van der Waals surface area (Å²) in [7, 11) is 0. The smallest absolute Gasteiger partial charge is 0.266 e. The Morgan fingerprint density at radius 1 is 0.519 bits per heavy atom. The minimum atomic E-state index is -0.308. The Balaban J connectivity index is 1.85. The summed E-state index contributed by atoms with van der Waals surface area (Å²) in [5, 5.41) is 0. The highest BCUT2D eigenvalue weighted by Crippen LogP contribution is 2.32. The Morgan fingerprint density at radius 3 is 1.30 bits per heavy atom. The van der Waals surface area contributed by atoms with Crippen LogP contribution < -0.4 is 4.90 Å². The third-order valence-electron chi connectivity index (χ3n) is 4.39. The van der Waals surface area contributed by atoms with E-state index in [1.54, 1.807) is 24.3 Å². The SMILES string of the molecule is O=C1C(=C/c2ccccc2)/C(=C\c2ccccc2)C(=O)N1c1ccccc1. The van der Waals surface area contributed by atoms with Gasteiger partial charge in [0.15, 0.2) is 0 Å². The van der Waals surface area contributed by atoms with Crippen LogP contribution in [-0.2, 0) is 9.59 Å². The van der Waals surface area contributed by atoms with Gasteiger partial charge in [0.25, 0.3) is 11.8 Å². The normalized spacial score (nSPS) is 17.1. The van der Waals surface area contributed by atoms with Crippen molar-refractivity contribution < 1.29 is 9.59 Å². The van der Waals surface area contributed by atoms with Gasteiger partial charge >= 0.3 is 0 Å². The standard InChI is InChI=1S/C24H17NO2/c26-23-21(16-18-10-4-1-5-11-18)22(17-19-12-6-2-7-13-19)24(27)25(23)20-14-8-3-9-15-20/h1-17H/b21-16+,22-17+. The van der Waals surface area contributed by atoms with Gasteiger partial charge in [0, 0.05) is 0 Å². The minimum absolute atomic E-state index is 0.308. The molecule has 1 aliphatic heterocycles. The summed E-state index contributed by atoms with van der Waals surface area (Å²) < 4.78 is 0. The van der Waals surface area contributed by atoms with E-state index < -0.39 is 0 Å². The maximum atomic E-state index is 13.1. The molecule has 3 aromatic rings. The Labute approximate surface area is 157 Å². The Hall–Kier alpha value is -3.72. The van der Waals surface area contributed by atoms with Crippen molar-refractivity contribution in [1.29, 1.82) is 0 Å². The second-order valence-electron chi connectivity index (χ2n) is 6.22. The molecule has 1 aliphatic rings. The van der Waals surface area contributed by atoms with Crippen molar-refractivity contribution >= 4 is 29.7 Å². The van der Waals surface area contributed by atoms with Crippen molar-refractivity contribution in [3.05, 3.63) is 113 Å². The third kappa shape index (κ3) is 3.35. The highest BCUT2D eigenvalue weighted by Gasteiger charge is 2.39. The summed E-state index contributed by atoms with van der Waals surface area (Å²) in [6.45, 7) is 0. The maximum Gasteiger partial charge on any atom is 0.266 e. The monoisotopic (exact) mass is 351 g/mol. The van der Waals surface area contributed by atoms with Crippen molar-refractivity contribution in [3.8, 4) is 0 Å². The number of imide groups is 1. The van der Waals surface area contributed by atoms with E-state index in [4.69, 9.17) is 0 Å². The number of carbonyl (C=O) groups excluding carboxylic acids is 2. The van der Waals surface area contributed by atoms with Gasteiger partial charge < -0.3 is 0 Å². The fourth-order valence-electron chi connectivity index (χ4n) is 3.09. The lowest BCUT2D eigenvalue weighted by atomic mass is 10.0. The van der Waals surface area contributed by atoms with Gasteiger partial charge in [0.2, 0.25) is 0 Å². The molecular formula is C24H17NO2. The first-order chi connectivity index (χ1) is 13.2. The van der Waals surface area contributed by atoms with E-state index >= 15 is 0 Å². The van der Waals surface area contributed by atoms with Crippen LogP contribution in [0.4, 0.5) is 5.69 Å². The molecule has 130 valence electrons. The van der Waals surface area contributed by atoms with Crippen LogP contribution in [-0.4, -0.2) is 11.8 Å². The Morgan fingerprint density at radius 2 is 0.889 bits per heavy atom. The number of benzene rings is 3. The van der Waals surface area contributed by atoms with E-state index in [1.165, 1.54) is 4.90 Å². The van der Waals surface area contributed by atoms with E-state index in [2.05, 4.69) is 0 Å². The highest BCUT2D eigenvalue weighted by molar-refractivity contribution is 6.39. The lowest BCUT2D eigenvalue weighted by Gasteiger charge is -2.12. The van der Waals surface area contributed by atoms with Crippen molar-refractivity contribution in [2.75, 3.05) is 4.90 Å². The molecule has 1 fully saturated rings. The molecule has 0 bridgehead atoms. The predicted molar refractivity (Wildman–Crippen MR) is 108 cm³/mol. The van der Waals surface area contributed by atoms with E-state index in [0.717, 1.165) is 11.1 Å². The zero-order valence-corrected chi connectivity index (χ0v) is 14.6. The fraction of sp³-hybridized carbons (Fsp3) is 0. The number of para-hydroxylation sites is 1. The molecule has 0 spiro atoms. The average molecular weight is 351 g/mol. The van der Waals surface area contributed by atoms with E-state index in [9.17, 15) is 9.59 Å². The van der Waals surface area contributed by atoms with E-state index in [1.807, 2.05) is 78.9 Å². The Kier molecular flexibility index (Phi) is 4.50. The third-order valence-corrected chi connectivity index (χ3v) is 4.39. The molecule has 0 aromatic heterocycles. The summed E-state index contributed by atoms with van der Waals surface area (Å²) in [6, 6.07) is 28.1. The molecule has 3 aromatic carbocycles. The number of carbonyl (C=O) groups is 2. The van der Waals surface area contributed by atoms with Crippen molar-refractivity contribution in [2.24, 2.45) is 0 Å². The van der Waals surface area contributed by atoms with Crippen LogP contribution in [0.2, 0.25) is 0 Å². The molecule has 0 unspecified atom stereocenters. The number of hydrogen-bond donors (Lipinski definition) is 0. The van der Waals surface area contributed by atoms with Gasteiger partial charge in [-0.1, -0.05) is 78.9 Å². The van der Waals surface area contributed by atoms with Crippen LogP contribution in [0.5, 0.6) is 0 Å². The van der Waals surface area contributed by atoms with Crippen molar-refractivity contribution in [2.45, 2.75) is 0 Å². The predicted octanol–water partition coefficient (Wildman–Crippen LogP) is 4.73. The van der Waals surface area contributed by atoms with Gasteiger partial charge in [-0.25, -0.2) is 4.90 Å². The number of nitrogens with zero attached hydrogens (tertiary/aromatic N) is 1. The molecule has 0 N–H and O–H groups in total. The highest BCUT2D eigenvalue weighted by atomic mass is 16.2. The largest absolute Gasteiger partial charge is 0.268 e. The minimum Gasteiger partial charge on any atom is -0.268 e. The molecule has 4 rings (SSSR count). The van der Waals surface area contributed by atoms with Gasteiger partial charge in [-0.15, -0.1) is 0 Å². The first kappa shape index (κ1) is 16.7. The summed E-state index contributed by atoms with van der Waals surface area (Å²) in [5.74, 6) is -0.616. The first-order valence-corrected chi connectivity index (χ1v) is 8.72.